The fourth-order valence-corrected chi connectivity index (χ4v) is 4.41. The van der Waals surface area contributed by atoms with Gasteiger partial charge in [0, 0.05) is 34.6 Å². The molecule has 2 aromatic carbocycles. The highest BCUT2D eigenvalue weighted by Gasteiger charge is 2.38. The van der Waals surface area contributed by atoms with Gasteiger partial charge < -0.3 is 10.1 Å². The second-order valence-corrected chi connectivity index (χ2v) is 9.74. The van der Waals surface area contributed by atoms with E-state index in [1.807, 2.05) is 67.8 Å². The summed E-state index contributed by atoms with van der Waals surface area (Å²) in [5, 5.41) is 6.19. The van der Waals surface area contributed by atoms with Gasteiger partial charge in [0.05, 0.1) is 23.2 Å². The molecule has 0 bridgehead atoms. The maximum absolute atomic E-state index is 13.5. The predicted molar refractivity (Wildman–Crippen MR) is 137 cm³/mol. The van der Waals surface area contributed by atoms with Gasteiger partial charge in [-0.05, 0) is 43.0 Å². The molecule has 0 aliphatic rings. The number of hydrogen-bond donors (Lipinski definition) is 1. The molecule has 0 spiro atoms. The molecular weight excluding hydrogens is 444 g/mol. The van der Waals surface area contributed by atoms with Crippen LogP contribution in [0.4, 0.5) is 5.69 Å². The van der Waals surface area contributed by atoms with Crippen LogP contribution in [0.2, 0.25) is 0 Å². The molecule has 0 saturated carbocycles. The van der Waals surface area contributed by atoms with Crippen molar-refractivity contribution < 1.29 is 9.53 Å². The molecule has 0 aliphatic heterocycles. The van der Waals surface area contributed by atoms with Crippen molar-refractivity contribution in [2.75, 3.05) is 12.4 Å². The lowest BCUT2D eigenvalue weighted by molar-refractivity contribution is -0.122. The number of amides is 1. The van der Waals surface area contributed by atoms with Gasteiger partial charge in [-0.2, -0.15) is 0 Å². The molecular formula is C27H28N4O2S. The van der Waals surface area contributed by atoms with Crippen LogP contribution in [0.5, 0.6) is 6.01 Å². The van der Waals surface area contributed by atoms with E-state index in [0.717, 1.165) is 38.6 Å². The van der Waals surface area contributed by atoms with Crippen molar-refractivity contribution in [3.63, 3.8) is 0 Å². The van der Waals surface area contributed by atoms with Crippen LogP contribution >= 0.6 is 11.3 Å². The van der Waals surface area contributed by atoms with E-state index < -0.39 is 5.41 Å². The van der Waals surface area contributed by atoms with Crippen LogP contribution < -0.4 is 10.1 Å². The van der Waals surface area contributed by atoms with Crippen molar-refractivity contribution >= 4 is 22.9 Å². The Morgan fingerprint density at radius 1 is 0.971 bits per heavy atom. The summed E-state index contributed by atoms with van der Waals surface area (Å²) in [5.74, 6) is 0.0419. The number of aromatic nitrogens is 3. The number of anilines is 1. The first-order valence-electron chi connectivity index (χ1n) is 11.1. The Kier molecular flexibility index (Phi) is 6.75. The van der Waals surface area contributed by atoms with E-state index in [1.54, 1.807) is 23.7 Å². The Labute approximate surface area is 204 Å². The molecule has 0 fully saturated rings. The third-order valence-electron chi connectivity index (χ3n) is 6.31. The molecule has 1 N–H and O–H groups in total. The van der Waals surface area contributed by atoms with E-state index in [2.05, 4.69) is 34.1 Å². The number of rotatable bonds is 7. The number of nitrogens with zero attached hydrogens (tertiary/aromatic N) is 3. The summed E-state index contributed by atoms with van der Waals surface area (Å²) in [6.45, 7) is 8.12. The summed E-state index contributed by atoms with van der Waals surface area (Å²) in [7, 11) is 1.54. The molecule has 7 heteroatoms. The molecule has 1 amide bonds. The van der Waals surface area contributed by atoms with Gasteiger partial charge in [0.15, 0.2) is 0 Å². The van der Waals surface area contributed by atoms with Crippen LogP contribution in [0.3, 0.4) is 0 Å². The zero-order chi connectivity index (χ0) is 24.3. The van der Waals surface area contributed by atoms with Crippen LogP contribution in [0.1, 0.15) is 31.3 Å². The van der Waals surface area contributed by atoms with Crippen LogP contribution in [-0.2, 0) is 10.2 Å². The monoisotopic (exact) mass is 472 g/mol. The van der Waals surface area contributed by atoms with Gasteiger partial charge >= 0.3 is 6.01 Å². The summed E-state index contributed by atoms with van der Waals surface area (Å²) < 4.78 is 5.03. The Morgan fingerprint density at radius 3 is 2.12 bits per heavy atom. The molecule has 1 unspecified atom stereocenters. The third kappa shape index (κ3) is 4.70. The van der Waals surface area contributed by atoms with E-state index >= 15 is 0 Å². The average Bonchev–Trinajstić information content (AvgIpc) is 3.30. The minimum Gasteiger partial charge on any atom is -0.467 e. The highest BCUT2D eigenvalue weighted by molar-refractivity contribution is 7.09. The first kappa shape index (κ1) is 23.6. The van der Waals surface area contributed by atoms with Crippen LogP contribution in [0, 0.1) is 12.8 Å². The summed E-state index contributed by atoms with van der Waals surface area (Å²) in [4.78, 5) is 26.4. The van der Waals surface area contributed by atoms with Gasteiger partial charge in [-0.15, -0.1) is 11.3 Å². The summed E-state index contributed by atoms with van der Waals surface area (Å²) in [6.07, 6.45) is 3.46. The van der Waals surface area contributed by atoms with Crippen LogP contribution in [0.15, 0.2) is 66.3 Å². The molecule has 0 aliphatic carbocycles. The largest absolute Gasteiger partial charge is 0.467 e. The zero-order valence-corrected chi connectivity index (χ0v) is 20.8. The van der Waals surface area contributed by atoms with Crippen LogP contribution in [0.25, 0.3) is 22.4 Å². The summed E-state index contributed by atoms with van der Waals surface area (Å²) >= 11 is 1.63. The van der Waals surface area contributed by atoms with Crippen LogP contribution in [-0.4, -0.2) is 28.0 Å². The molecule has 174 valence electrons. The summed E-state index contributed by atoms with van der Waals surface area (Å²) in [5.41, 5.74) is 4.86. The molecule has 4 aromatic rings. The standard InChI is InChI=1S/C27H28N4O2S/c1-17(2)27(4,22-10-6-19(7-11-22)21-14-28-26(33-5)29-15-21)25(32)31-23-12-8-20(9-13-23)24-16-34-18(3)30-24/h6-17H,1-5H3,(H,31,32). The number of ether oxygens (including phenoxy) is 1. The number of benzene rings is 2. The van der Waals surface area contributed by atoms with E-state index in [0.29, 0.717) is 6.01 Å². The fourth-order valence-electron chi connectivity index (χ4n) is 3.79. The van der Waals surface area contributed by atoms with Crippen molar-refractivity contribution in [2.45, 2.75) is 33.1 Å². The van der Waals surface area contributed by atoms with E-state index in [9.17, 15) is 4.79 Å². The highest BCUT2D eigenvalue weighted by atomic mass is 32.1. The molecule has 0 radical (unpaired) electrons. The van der Waals surface area contributed by atoms with E-state index in [1.165, 1.54) is 7.11 Å². The maximum Gasteiger partial charge on any atom is 0.316 e. The number of nitrogens with one attached hydrogen (secondary N) is 1. The van der Waals surface area contributed by atoms with Gasteiger partial charge in [-0.3, -0.25) is 4.79 Å². The number of methoxy groups -OCH3 is 1. The van der Waals surface area contributed by atoms with Gasteiger partial charge in [0.2, 0.25) is 5.91 Å². The van der Waals surface area contributed by atoms with Gasteiger partial charge in [-0.1, -0.05) is 50.2 Å². The number of aryl methyl sites for hydroxylation is 1. The minimum absolute atomic E-state index is 0.0414. The smallest absolute Gasteiger partial charge is 0.316 e. The normalized spacial score (nSPS) is 12.9. The molecule has 0 saturated heterocycles. The number of hydrogen-bond acceptors (Lipinski definition) is 6. The molecule has 2 heterocycles. The molecule has 34 heavy (non-hydrogen) atoms. The van der Waals surface area contributed by atoms with Crippen molar-refractivity contribution in [3.05, 3.63) is 76.9 Å². The summed E-state index contributed by atoms with van der Waals surface area (Å²) in [6, 6.07) is 16.2. The Hall–Kier alpha value is -3.58. The molecule has 1 atom stereocenters. The number of carbonyl (C=O) groups is 1. The van der Waals surface area contributed by atoms with Crippen molar-refractivity contribution in [1.29, 1.82) is 0 Å². The lowest BCUT2D eigenvalue weighted by Crippen LogP contribution is -2.42. The van der Waals surface area contributed by atoms with Gasteiger partial charge in [-0.25, -0.2) is 15.0 Å². The zero-order valence-electron chi connectivity index (χ0n) is 20.0. The number of thiazole rings is 1. The lowest BCUT2D eigenvalue weighted by atomic mass is 9.72. The van der Waals surface area contributed by atoms with Crippen molar-refractivity contribution in [2.24, 2.45) is 5.92 Å². The maximum atomic E-state index is 13.5. The fraction of sp³-hybridized carbons (Fsp3) is 0.259. The quantitative estimate of drug-likeness (QED) is 0.350. The average molecular weight is 473 g/mol. The predicted octanol–water partition coefficient (Wildman–Crippen LogP) is 6.14. The molecule has 2 aromatic heterocycles. The lowest BCUT2D eigenvalue weighted by Gasteiger charge is -2.33. The highest BCUT2D eigenvalue weighted by Crippen LogP contribution is 2.35. The molecule has 4 rings (SSSR count). The Bertz CT molecular complexity index is 1270. The Balaban J connectivity index is 1.54. The van der Waals surface area contributed by atoms with Crippen molar-refractivity contribution in [3.8, 4) is 28.4 Å². The van der Waals surface area contributed by atoms with Crippen molar-refractivity contribution in [1.82, 2.24) is 15.0 Å². The van der Waals surface area contributed by atoms with E-state index in [-0.39, 0.29) is 11.8 Å². The van der Waals surface area contributed by atoms with E-state index in [4.69, 9.17) is 4.74 Å². The van der Waals surface area contributed by atoms with Gasteiger partial charge in [0.1, 0.15) is 0 Å². The third-order valence-corrected chi connectivity index (χ3v) is 7.09. The minimum atomic E-state index is -0.709. The number of carbonyl (C=O) groups excluding carboxylic acids is 1. The van der Waals surface area contributed by atoms with Gasteiger partial charge in [0.25, 0.3) is 0 Å². The SMILES string of the molecule is COc1ncc(-c2ccc(C(C)(C(=O)Nc3ccc(-c4csc(C)n4)cc3)C(C)C)cc2)cn1. The topological polar surface area (TPSA) is 77.0 Å². The molecule has 6 nitrogen and oxygen atoms in total. The Morgan fingerprint density at radius 2 is 1.59 bits per heavy atom. The second-order valence-electron chi connectivity index (χ2n) is 8.68. The first-order chi connectivity index (χ1) is 16.3. The second kappa shape index (κ2) is 9.73. The first-order valence-corrected chi connectivity index (χ1v) is 12.0.